The van der Waals surface area contributed by atoms with Gasteiger partial charge in [-0.05, 0) is 37.5 Å². The zero-order valence-electron chi connectivity index (χ0n) is 70.5. The molecular formula is C88H172O17P2. The van der Waals surface area contributed by atoms with Gasteiger partial charge in [-0.1, -0.05) is 420 Å². The van der Waals surface area contributed by atoms with Crippen LogP contribution < -0.4 is 0 Å². The van der Waals surface area contributed by atoms with E-state index < -0.39 is 97.5 Å². The van der Waals surface area contributed by atoms with Crippen LogP contribution in [-0.4, -0.2) is 96.7 Å². The molecule has 5 atom stereocenters. The first-order chi connectivity index (χ1) is 51.9. The first-order valence-electron chi connectivity index (χ1n) is 45.5. The van der Waals surface area contributed by atoms with Crippen molar-refractivity contribution in [3.63, 3.8) is 0 Å². The summed E-state index contributed by atoms with van der Waals surface area (Å²) < 4.78 is 68.9. The standard InChI is InChI=1S/C88H172O17P2/c1-7-9-11-13-15-17-19-21-23-25-26-27-28-29-30-36-40-44-48-54-61-67-72-87(92)104-83(76-98-85(90)70-64-58-52-46-42-38-35-32-31-33-37-41-45-50-56-62-68-80(3)4)78-102-106(94,95)100-74-82(89)75-101-107(96,97)103-79-84(77-99-86(91)71-65-59-55-49-51-57-63-69-81(5)6)105-88(93)73-66-60-53-47-43-39-34-24-22-20-18-16-14-12-10-8-2/h80-84,89H,7-79H2,1-6H3,(H,94,95)(H,96,97)/t82-,83-,84-/m1/s1. The zero-order chi connectivity index (χ0) is 78.5. The van der Waals surface area contributed by atoms with E-state index in [1.54, 1.807) is 0 Å². The second-order valence-electron chi connectivity index (χ2n) is 32.6. The Balaban J connectivity index is 5.22. The van der Waals surface area contributed by atoms with Crippen molar-refractivity contribution in [1.82, 2.24) is 0 Å². The van der Waals surface area contributed by atoms with Crippen LogP contribution in [0, 0.1) is 11.8 Å². The van der Waals surface area contributed by atoms with Crippen LogP contribution in [-0.2, 0) is 65.4 Å². The number of phosphoric acid groups is 2. The van der Waals surface area contributed by atoms with Crippen LogP contribution in [0.5, 0.6) is 0 Å². The highest BCUT2D eigenvalue weighted by molar-refractivity contribution is 7.47. The van der Waals surface area contributed by atoms with Crippen molar-refractivity contribution in [2.75, 3.05) is 39.6 Å². The van der Waals surface area contributed by atoms with E-state index in [2.05, 4.69) is 41.5 Å². The van der Waals surface area contributed by atoms with Gasteiger partial charge in [0.2, 0.25) is 0 Å². The van der Waals surface area contributed by atoms with Gasteiger partial charge in [0.05, 0.1) is 26.4 Å². The van der Waals surface area contributed by atoms with E-state index >= 15 is 0 Å². The van der Waals surface area contributed by atoms with E-state index in [-0.39, 0.29) is 25.7 Å². The molecule has 0 saturated heterocycles. The summed E-state index contributed by atoms with van der Waals surface area (Å²) in [5.41, 5.74) is 0. The second kappa shape index (κ2) is 79.3. The molecule has 636 valence electrons. The molecule has 0 heterocycles. The third-order valence-electron chi connectivity index (χ3n) is 20.7. The highest BCUT2D eigenvalue weighted by atomic mass is 31.2. The first-order valence-corrected chi connectivity index (χ1v) is 48.5. The van der Waals surface area contributed by atoms with Crippen LogP contribution in [0.2, 0.25) is 0 Å². The van der Waals surface area contributed by atoms with Crippen LogP contribution >= 0.6 is 15.6 Å². The Bertz CT molecular complexity index is 2050. The molecule has 0 aliphatic carbocycles. The van der Waals surface area contributed by atoms with E-state index in [0.29, 0.717) is 31.6 Å². The number of esters is 4. The Morgan fingerprint density at radius 2 is 0.430 bits per heavy atom. The number of ether oxygens (including phenoxy) is 4. The van der Waals surface area contributed by atoms with Gasteiger partial charge >= 0.3 is 39.5 Å². The summed E-state index contributed by atoms with van der Waals surface area (Å²) in [4.78, 5) is 73.3. The maximum atomic E-state index is 13.2. The topological polar surface area (TPSA) is 237 Å². The SMILES string of the molecule is CCCCCCCCCCCCCCCCCCCCCCCCC(=O)O[C@H](COC(=O)CCCCCCCCCCCCCCCCCCC(C)C)COP(=O)(O)OC[C@@H](O)COP(=O)(O)OC[C@@H](COC(=O)CCCCCCCCCC(C)C)OC(=O)CCCCCCCCCCCCCCCCCC. The first kappa shape index (κ1) is 105. The molecule has 0 aromatic carbocycles. The Labute approximate surface area is 658 Å². The summed E-state index contributed by atoms with van der Waals surface area (Å²) in [7, 11) is -9.93. The number of carbonyl (C=O) groups is 4. The van der Waals surface area contributed by atoms with Crippen LogP contribution in [0.3, 0.4) is 0 Å². The molecule has 0 aliphatic heterocycles. The number of aliphatic hydroxyl groups is 1. The van der Waals surface area contributed by atoms with Gasteiger partial charge in [0, 0.05) is 25.7 Å². The van der Waals surface area contributed by atoms with Gasteiger partial charge in [-0.15, -0.1) is 0 Å². The van der Waals surface area contributed by atoms with Gasteiger partial charge in [-0.3, -0.25) is 37.3 Å². The van der Waals surface area contributed by atoms with Crippen LogP contribution in [0.4, 0.5) is 0 Å². The van der Waals surface area contributed by atoms with E-state index in [9.17, 15) is 43.2 Å². The molecule has 0 spiro atoms. The van der Waals surface area contributed by atoms with Gasteiger partial charge in [-0.25, -0.2) is 9.13 Å². The van der Waals surface area contributed by atoms with Crippen molar-refractivity contribution in [3.8, 4) is 0 Å². The number of phosphoric ester groups is 2. The summed E-state index contributed by atoms with van der Waals surface area (Å²) in [6.07, 6.45) is 72.4. The maximum Gasteiger partial charge on any atom is 0.472 e. The average molecular weight is 1560 g/mol. The molecule has 3 N–H and O–H groups in total. The number of carbonyl (C=O) groups excluding carboxylic acids is 4. The number of hydrogen-bond acceptors (Lipinski definition) is 15. The second-order valence-corrected chi connectivity index (χ2v) is 35.5. The molecule has 17 nitrogen and oxygen atoms in total. The molecule has 0 radical (unpaired) electrons. The quantitative estimate of drug-likeness (QED) is 0.0222. The Morgan fingerprint density at radius 3 is 0.636 bits per heavy atom. The molecule has 0 aliphatic rings. The lowest BCUT2D eigenvalue weighted by Crippen LogP contribution is -2.30. The molecule has 19 heteroatoms. The van der Waals surface area contributed by atoms with E-state index in [4.69, 9.17) is 37.0 Å². The predicted octanol–water partition coefficient (Wildman–Crippen LogP) is 27.0. The third-order valence-corrected chi connectivity index (χ3v) is 22.6. The van der Waals surface area contributed by atoms with E-state index in [1.807, 2.05) is 0 Å². The van der Waals surface area contributed by atoms with Crippen molar-refractivity contribution >= 4 is 39.5 Å². The molecule has 0 saturated carbocycles. The van der Waals surface area contributed by atoms with E-state index in [1.165, 1.54) is 283 Å². The minimum atomic E-state index is -4.97. The summed E-state index contributed by atoms with van der Waals surface area (Å²) in [5.74, 6) is -0.584. The lowest BCUT2D eigenvalue weighted by Gasteiger charge is -2.21. The minimum Gasteiger partial charge on any atom is -0.462 e. The smallest absolute Gasteiger partial charge is 0.462 e. The molecule has 0 rings (SSSR count). The zero-order valence-corrected chi connectivity index (χ0v) is 72.2. The molecule has 0 aromatic rings. The normalized spacial score (nSPS) is 13.8. The predicted molar refractivity (Wildman–Crippen MR) is 442 cm³/mol. The molecule has 0 fully saturated rings. The monoisotopic (exact) mass is 1560 g/mol. The molecule has 0 aromatic heterocycles. The lowest BCUT2D eigenvalue weighted by atomic mass is 10.0. The molecule has 0 bridgehead atoms. The number of hydrogen-bond donors (Lipinski definition) is 3. The fourth-order valence-electron chi connectivity index (χ4n) is 13.8. The fourth-order valence-corrected chi connectivity index (χ4v) is 15.4. The number of aliphatic hydroxyl groups excluding tert-OH is 1. The molecular weight excluding hydrogens is 1390 g/mol. The summed E-state index contributed by atoms with van der Waals surface area (Å²) in [6, 6.07) is 0. The maximum absolute atomic E-state index is 13.2. The largest absolute Gasteiger partial charge is 0.472 e. The van der Waals surface area contributed by atoms with Crippen molar-refractivity contribution < 1.29 is 80.2 Å². The van der Waals surface area contributed by atoms with Gasteiger partial charge in [-0.2, -0.15) is 0 Å². The van der Waals surface area contributed by atoms with Crippen molar-refractivity contribution in [2.24, 2.45) is 11.8 Å². The van der Waals surface area contributed by atoms with Crippen LogP contribution in [0.15, 0.2) is 0 Å². The van der Waals surface area contributed by atoms with Gasteiger partial charge in [0.25, 0.3) is 0 Å². The molecule has 2 unspecified atom stereocenters. The summed E-state index contributed by atoms with van der Waals surface area (Å²) in [6.45, 7) is 9.66. The van der Waals surface area contributed by atoms with Crippen LogP contribution in [0.25, 0.3) is 0 Å². The van der Waals surface area contributed by atoms with Crippen molar-refractivity contribution in [3.05, 3.63) is 0 Å². The minimum absolute atomic E-state index is 0.108. The highest BCUT2D eigenvalue weighted by Crippen LogP contribution is 2.45. The highest BCUT2D eigenvalue weighted by Gasteiger charge is 2.30. The summed E-state index contributed by atoms with van der Waals surface area (Å²) in [5, 5.41) is 10.7. The van der Waals surface area contributed by atoms with Crippen molar-refractivity contribution in [1.29, 1.82) is 0 Å². The van der Waals surface area contributed by atoms with E-state index in [0.717, 1.165) is 102 Å². The summed E-state index contributed by atoms with van der Waals surface area (Å²) >= 11 is 0. The average Bonchev–Trinajstić information content (AvgIpc) is 0.902. The fraction of sp³-hybridized carbons (Fsp3) is 0.955. The van der Waals surface area contributed by atoms with Crippen molar-refractivity contribution in [2.45, 2.75) is 490 Å². The Morgan fingerprint density at radius 1 is 0.252 bits per heavy atom. The number of unbranched alkanes of at least 4 members (excludes halogenated alkanes) is 57. The number of rotatable bonds is 87. The van der Waals surface area contributed by atoms with Crippen LogP contribution in [0.1, 0.15) is 472 Å². The van der Waals surface area contributed by atoms with Gasteiger partial charge < -0.3 is 33.8 Å². The van der Waals surface area contributed by atoms with Gasteiger partial charge in [0.15, 0.2) is 12.2 Å². The van der Waals surface area contributed by atoms with Gasteiger partial charge in [0.1, 0.15) is 19.3 Å². The lowest BCUT2D eigenvalue weighted by molar-refractivity contribution is -0.161. The molecule has 0 amide bonds. The molecule has 107 heavy (non-hydrogen) atoms. The Hall–Kier alpha value is -1.94. The Kier molecular flexibility index (Phi) is 77.9. The third kappa shape index (κ3) is 81.9.